The highest BCUT2D eigenvalue weighted by Crippen LogP contribution is 2.45. The van der Waals surface area contributed by atoms with E-state index in [1.807, 2.05) is 0 Å². The third kappa shape index (κ3) is 60.9. The Balaban J connectivity index is 5.11. The Bertz CT molecular complexity index is 1650. The molecule has 510 valence electrons. The summed E-state index contributed by atoms with van der Waals surface area (Å²) in [6, 6.07) is 0. The molecule has 2 unspecified atom stereocenters. The molecule has 19 heteroatoms. The van der Waals surface area contributed by atoms with Crippen molar-refractivity contribution in [3.63, 3.8) is 0 Å². The SMILES string of the molecule is CCCCCCCCCCCCCCCCCCCCCCC(=O)O[C@H](COC(=O)CCCCCCCCCCCC)COP(=O)(O)OC[C@@H](O)COP(=O)(O)OC[C@@H](COC(=O)CCCCCCCCC)OC(=O)CCCCCCCCCCC. The largest absolute Gasteiger partial charge is 0.472 e. The molecule has 86 heavy (non-hydrogen) atoms. The Kier molecular flexibility index (Phi) is 60.5. The van der Waals surface area contributed by atoms with Gasteiger partial charge in [-0.3, -0.25) is 37.3 Å². The van der Waals surface area contributed by atoms with Gasteiger partial charge in [0.1, 0.15) is 19.3 Å². The van der Waals surface area contributed by atoms with E-state index in [1.165, 1.54) is 167 Å². The number of phosphoric ester groups is 2. The number of rotatable bonds is 68. The summed E-state index contributed by atoms with van der Waals surface area (Å²) in [5.41, 5.74) is 0. The number of hydrogen-bond acceptors (Lipinski definition) is 15. The zero-order valence-electron chi connectivity index (χ0n) is 55.3. The van der Waals surface area contributed by atoms with Crippen LogP contribution in [-0.2, 0) is 65.4 Å². The molecule has 5 atom stereocenters. The third-order valence-electron chi connectivity index (χ3n) is 15.6. The fourth-order valence-electron chi connectivity index (χ4n) is 10.2. The van der Waals surface area contributed by atoms with Crippen LogP contribution in [0.1, 0.15) is 349 Å². The number of unbranched alkanes of at least 4 members (excludes halogenated alkanes) is 42. The van der Waals surface area contributed by atoms with E-state index in [0.29, 0.717) is 25.7 Å². The Morgan fingerprint density at radius 2 is 0.465 bits per heavy atom. The molecule has 0 aromatic rings. The predicted octanol–water partition coefficient (Wildman–Crippen LogP) is 19.1. The summed E-state index contributed by atoms with van der Waals surface area (Å²) in [6.07, 6.45) is 48.8. The Morgan fingerprint density at radius 1 is 0.279 bits per heavy atom. The van der Waals surface area contributed by atoms with E-state index in [1.54, 1.807) is 0 Å². The van der Waals surface area contributed by atoms with Gasteiger partial charge in [0.2, 0.25) is 0 Å². The van der Waals surface area contributed by atoms with E-state index in [-0.39, 0.29) is 25.7 Å². The molecule has 0 aliphatic heterocycles. The molecule has 0 saturated heterocycles. The first-order valence-electron chi connectivity index (χ1n) is 35.3. The minimum Gasteiger partial charge on any atom is -0.462 e. The first kappa shape index (κ1) is 84.1. The molecule has 0 aliphatic carbocycles. The maximum Gasteiger partial charge on any atom is 0.472 e. The van der Waals surface area contributed by atoms with Gasteiger partial charge in [0.25, 0.3) is 0 Å². The summed E-state index contributed by atoms with van der Waals surface area (Å²) in [4.78, 5) is 72.1. The minimum absolute atomic E-state index is 0.106. The first-order chi connectivity index (χ1) is 41.7. The summed E-state index contributed by atoms with van der Waals surface area (Å²) < 4.78 is 67.9. The minimum atomic E-state index is -4.94. The lowest BCUT2D eigenvalue weighted by molar-refractivity contribution is -0.161. The smallest absolute Gasteiger partial charge is 0.462 e. The fraction of sp³-hybridized carbons (Fsp3) is 0.940. The number of aliphatic hydroxyl groups is 1. The van der Waals surface area contributed by atoms with Crippen molar-refractivity contribution >= 4 is 39.5 Å². The van der Waals surface area contributed by atoms with Gasteiger partial charge in [-0.2, -0.15) is 0 Å². The van der Waals surface area contributed by atoms with Crippen molar-refractivity contribution in [2.24, 2.45) is 0 Å². The van der Waals surface area contributed by atoms with Crippen LogP contribution in [0.5, 0.6) is 0 Å². The van der Waals surface area contributed by atoms with Gasteiger partial charge in [-0.15, -0.1) is 0 Å². The Morgan fingerprint density at radius 3 is 0.686 bits per heavy atom. The third-order valence-corrected chi connectivity index (χ3v) is 17.5. The summed E-state index contributed by atoms with van der Waals surface area (Å²) in [7, 11) is -9.88. The number of aliphatic hydroxyl groups excluding tert-OH is 1. The zero-order valence-corrected chi connectivity index (χ0v) is 57.1. The van der Waals surface area contributed by atoms with E-state index in [9.17, 15) is 43.2 Å². The van der Waals surface area contributed by atoms with E-state index in [0.717, 1.165) is 103 Å². The van der Waals surface area contributed by atoms with Crippen LogP contribution >= 0.6 is 15.6 Å². The molecule has 0 bridgehead atoms. The van der Waals surface area contributed by atoms with E-state index in [4.69, 9.17) is 37.0 Å². The first-order valence-corrected chi connectivity index (χ1v) is 38.3. The molecule has 0 rings (SSSR count). The van der Waals surface area contributed by atoms with Gasteiger partial charge >= 0.3 is 39.5 Å². The maximum atomic E-state index is 13.0. The van der Waals surface area contributed by atoms with Crippen molar-refractivity contribution in [1.82, 2.24) is 0 Å². The van der Waals surface area contributed by atoms with Crippen LogP contribution < -0.4 is 0 Å². The van der Waals surface area contributed by atoms with Crippen LogP contribution in [0.3, 0.4) is 0 Å². The molecular weight excluding hydrogens is 1140 g/mol. The van der Waals surface area contributed by atoms with Gasteiger partial charge in [-0.25, -0.2) is 9.13 Å². The van der Waals surface area contributed by atoms with Crippen molar-refractivity contribution in [2.45, 2.75) is 367 Å². The lowest BCUT2D eigenvalue weighted by atomic mass is 10.0. The molecule has 0 radical (unpaired) electrons. The monoisotopic (exact) mass is 1270 g/mol. The fourth-order valence-corrected chi connectivity index (χ4v) is 11.7. The van der Waals surface area contributed by atoms with Gasteiger partial charge in [0, 0.05) is 25.7 Å². The van der Waals surface area contributed by atoms with Gasteiger partial charge < -0.3 is 33.8 Å². The van der Waals surface area contributed by atoms with Gasteiger partial charge in [0.05, 0.1) is 26.4 Å². The lowest BCUT2D eigenvalue weighted by Gasteiger charge is -2.21. The lowest BCUT2D eigenvalue weighted by Crippen LogP contribution is -2.30. The highest BCUT2D eigenvalue weighted by molar-refractivity contribution is 7.47. The highest BCUT2D eigenvalue weighted by atomic mass is 31.2. The average molecular weight is 1270 g/mol. The molecule has 0 aliphatic rings. The molecule has 0 heterocycles. The van der Waals surface area contributed by atoms with Crippen LogP contribution in [0, 0.1) is 0 Å². The van der Waals surface area contributed by atoms with Gasteiger partial charge in [0.15, 0.2) is 12.2 Å². The standard InChI is InChI=1S/C67H130O17P2/c1-5-9-13-17-21-24-26-27-28-29-30-31-32-33-34-35-38-42-46-50-54-67(72)84-63(58-78-65(70)52-48-44-40-37-25-22-18-14-10-6-2)60-82-86(75,76)80-56-61(68)55-79-85(73,74)81-59-62(57-77-64(69)51-47-43-39-20-16-12-8-4)83-66(71)53-49-45-41-36-23-19-15-11-7-3/h61-63,68H,5-60H2,1-4H3,(H,73,74)(H,75,76)/t61-,62+,63+/m0/s1. The van der Waals surface area contributed by atoms with Crippen molar-refractivity contribution in [3.8, 4) is 0 Å². The summed E-state index contributed by atoms with van der Waals surface area (Å²) in [5, 5.41) is 10.5. The second kappa shape index (κ2) is 61.9. The van der Waals surface area contributed by atoms with Crippen LogP contribution in [0.2, 0.25) is 0 Å². The zero-order chi connectivity index (χ0) is 63.3. The Hall–Kier alpha value is -1.94. The van der Waals surface area contributed by atoms with E-state index < -0.39 is 97.5 Å². The second-order valence-electron chi connectivity index (χ2n) is 24.2. The van der Waals surface area contributed by atoms with Crippen molar-refractivity contribution in [1.29, 1.82) is 0 Å². The molecule has 0 aromatic carbocycles. The highest BCUT2D eigenvalue weighted by Gasteiger charge is 2.30. The van der Waals surface area contributed by atoms with E-state index in [2.05, 4.69) is 27.7 Å². The summed E-state index contributed by atoms with van der Waals surface area (Å²) in [6.45, 7) is 4.85. The number of carbonyl (C=O) groups is 4. The van der Waals surface area contributed by atoms with Crippen LogP contribution in [-0.4, -0.2) is 96.7 Å². The molecule has 0 spiro atoms. The van der Waals surface area contributed by atoms with Crippen LogP contribution in [0.4, 0.5) is 0 Å². The average Bonchev–Trinajstić information content (AvgIpc) is 3.69. The molecule has 17 nitrogen and oxygen atoms in total. The quantitative estimate of drug-likeness (QED) is 0.0222. The van der Waals surface area contributed by atoms with Crippen LogP contribution in [0.25, 0.3) is 0 Å². The molecule has 0 fully saturated rings. The number of carbonyl (C=O) groups excluding carboxylic acids is 4. The number of phosphoric acid groups is 2. The molecule has 0 amide bonds. The molecule has 3 N–H and O–H groups in total. The number of esters is 4. The van der Waals surface area contributed by atoms with Gasteiger partial charge in [-0.1, -0.05) is 297 Å². The second-order valence-corrected chi connectivity index (χ2v) is 27.1. The summed E-state index contributed by atoms with van der Waals surface area (Å²) >= 11 is 0. The molecule has 0 aromatic heterocycles. The number of hydrogen-bond donors (Lipinski definition) is 3. The summed E-state index contributed by atoms with van der Waals surface area (Å²) in [5.74, 6) is -2.13. The normalized spacial score (nSPS) is 14.1. The van der Waals surface area contributed by atoms with Crippen LogP contribution in [0.15, 0.2) is 0 Å². The maximum absolute atomic E-state index is 13.0. The number of ether oxygens (including phenoxy) is 4. The molecule has 0 saturated carbocycles. The van der Waals surface area contributed by atoms with Crippen molar-refractivity contribution in [2.75, 3.05) is 39.6 Å². The topological polar surface area (TPSA) is 237 Å². The Labute approximate surface area is 524 Å². The molecular formula is C67H130O17P2. The van der Waals surface area contributed by atoms with Crippen molar-refractivity contribution < 1.29 is 80.2 Å². The van der Waals surface area contributed by atoms with Crippen molar-refractivity contribution in [3.05, 3.63) is 0 Å². The predicted molar refractivity (Wildman–Crippen MR) is 345 cm³/mol. The van der Waals surface area contributed by atoms with Gasteiger partial charge in [-0.05, 0) is 25.7 Å². The van der Waals surface area contributed by atoms with E-state index >= 15 is 0 Å².